The number of aromatic nitrogens is 1. The zero-order valence-electron chi connectivity index (χ0n) is 11.1. The fourth-order valence-electron chi connectivity index (χ4n) is 2.49. The van der Waals surface area contributed by atoms with Crippen LogP contribution in [0.15, 0.2) is 42.7 Å². The van der Waals surface area contributed by atoms with Crippen molar-refractivity contribution in [3.8, 4) is 5.75 Å². The topological polar surface area (TPSA) is 34.1 Å². The molecule has 0 aliphatic carbocycles. The molecule has 2 heterocycles. The number of hydrogen-bond donors (Lipinski definition) is 1. The number of pyridine rings is 1. The van der Waals surface area contributed by atoms with E-state index in [0.29, 0.717) is 0 Å². The molecule has 0 spiro atoms. The molecule has 19 heavy (non-hydrogen) atoms. The smallest absolute Gasteiger partial charge is 0.137 e. The Hall–Kier alpha value is -1.87. The van der Waals surface area contributed by atoms with Crippen LogP contribution in [0.4, 0.5) is 0 Å². The van der Waals surface area contributed by atoms with Crippen molar-refractivity contribution in [2.45, 2.75) is 25.9 Å². The van der Waals surface area contributed by atoms with E-state index in [2.05, 4.69) is 47.6 Å². The molecule has 2 aromatic rings. The summed E-state index contributed by atoms with van der Waals surface area (Å²) in [4.78, 5) is 4.29. The third kappa shape index (κ3) is 2.47. The van der Waals surface area contributed by atoms with Gasteiger partial charge in [-0.3, -0.25) is 4.98 Å². The van der Waals surface area contributed by atoms with Crippen LogP contribution in [0.25, 0.3) is 0 Å². The van der Waals surface area contributed by atoms with Crippen molar-refractivity contribution in [3.05, 3.63) is 59.4 Å². The Morgan fingerprint density at radius 1 is 1.32 bits per heavy atom. The van der Waals surface area contributed by atoms with E-state index in [0.717, 1.165) is 25.3 Å². The quantitative estimate of drug-likeness (QED) is 0.910. The van der Waals surface area contributed by atoms with Gasteiger partial charge in [-0.1, -0.05) is 31.2 Å². The molecule has 0 fully saturated rings. The number of rotatable bonds is 4. The molecule has 1 unspecified atom stereocenters. The van der Waals surface area contributed by atoms with E-state index >= 15 is 0 Å². The first-order valence-corrected chi connectivity index (χ1v) is 6.77. The maximum Gasteiger partial charge on any atom is 0.137 e. The zero-order valence-corrected chi connectivity index (χ0v) is 11.1. The molecule has 0 radical (unpaired) electrons. The van der Waals surface area contributed by atoms with Gasteiger partial charge in [0, 0.05) is 12.7 Å². The summed E-state index contributed by atoms with van der Waals surface area (Å²) in [7, 11) is 0. The van der Waals surface area contributed by atoms with Crippen molar-refractivity contribution in [2.75, 3.05) is 6.61 Å². The lowest BCUT2D eigenvalue weighted by atomic mass is 10.00. The summed E-state index contributed by atoms with van der Waals surface area (Å²) in [5, 5.41) is 3.53. The van der Waals surface area contributed by atoms with Crippen molar-refractivity contribution in [2.24, 2.45) is 0 Å². The lowest BCUT2D eigenvalue weighted by Gasteiger charge is -2.13. The van der Waals surface area contributed by atoms with E-state index in [1.54, 1.807) is 6.20 Å². The van der Waals surface area contributed by atoms with Gasteiger partial charge in [-0.2, -0.15) is 0 Å². The maximum absolute atomic E-state index is 5.65. The standard InChI is InChI=1S/C16H18N2O/c1-2-7-19-14-8-13(9-17-11-14)16-15-6-4-3-5-12(15)10-18-16/h3-6,8-9,11,16,18H,2,7,10H2,1H3. The fourth-order valence-corrected chi connectivity index (χ4v) is 2.49. The van der Waals surface area contributed by atoms with E-state index in [1.807, 2.05) is 6.20 Å². The van der Waals surface area contributed by atoms with Crippen molar-refractivity contribution >= 4 is 0 Å². The first-order chi connectivity index (χ1) is 9.38. The number of ether oxygens (including phenoxy) is 1. The molecule has 0 saturated heterocycles. The van der Waals surface area contributed by atoms with E-state index < -0.39 is 0 Å². The zero-order chi connectivity index (χ0) is 13.1. The van der Waals surface area contributed by atoms with E-state index in [1.165, 1.54) is 16.7 Å². The van der Waals surface area contributed by atoms with E-state index in [9.17, 15) is 0 Å². The lowest BCUT2D eigenvalue weighted by molar-refractivity contribution is 0.315. The molecule has 0 saturated carbocycles. The average Bonchev–Trinajstić information content (AvgIpc) is 2.89. The van der Waals surface area contributed by atoms with Crippen LogP contribution in [0.2, 0.25) is 0 Å². The molecular weight excluding hydrogens is 236 g/mol. The third-order valence-corrected chi connectivity index (χ3v) is 3.40. The van der Waals surface area contributed by atoms with Gasteiger partial charge in [0.25, 0.3) is 0 Å². The Morgan fingerprint density at radius 2 is 2.21 bits per heavy atom. The maximum atomic E-state index is 5.65. The van der Waals surface area contributed by atoms with Gasteiger partial charge in [-0.15, -0.1) is 0 Å². The number of nitrogens with one attached hydrogen (secondary N) is 1. The summed E-state index contributed by atoms with van der Waals surface area (Å²) < 4.78 is 5.65. The van der Waals surface area contributed by atoms with Crippen LogP contribution < -0.4 is 10.1 Å². The van der Waals surface area contributed by atoms with Gasteiger partial charge in [0.2, 0.25) is 0 Å². The minimum absolute atomic E-state index is 0.230. The Kier molecular flexibility index (Phi) is 3.47. The molecule has 3 heteroatoms. The Morgan fingerprint density at radius 3 is 3.11 bits per heavy atom. The minimum Gasteiger partial charge on any atom is -0.492 e. The molecule has 0 bridgehead atoms. The summed E-state index contributed by atoms with van der Waals surface area (Å²) in [6, 6.07) is 10.8. The normalized spacial score (nSPS) is 17.2. The summed E-state index contributed by atoms with van der Waals surface area (Å²) in [5.74, 6) is 0.852. The Balaban J connectivity index is 1.87. The van der Waals surface area contributed by atoms with Crippen molar-refractivity contribution in [3.63, 3.8) is 0 Å². The van der Waals surface area contributed by atoms with Crippen LogP contribution in [-0.2, 0) is 6.54 Å². The largest absolute Gasteiger partial charge is 0.492 e. The van der Waals surface area contributed by atoms with Crippen LogP contribution in [-0.4, -0.2) is 11.6 Å². The van der Waals surface area contributed by atoms with Crippen LogP contribution in [0.5, 0.6) is 5.75 Å². The van der Waals surface area contributed by atoms with Gasteiger partial charge in [0.05, 0.1) is 18.8 Å². The van der Waals surface area contributed by atoms with Gasteiger partial charge in [0.15, 0.2) is 0 Å². The molecular formula is C16H18N2O. The molecule has 98 valence electrons. The monoisotopic (exact) mass is 254 g/mol. The van der Waals surface area contributed by atoms with Gasteiger partial charge in [0.1, 0.15) is 5.75 Å². The van der Waals surface area contributed by atoms with Crippen molar-refractivity contribution < 1.29 is 4.74 Å². The highest BCUT2D eigenvalue weighted by molar-refractivity contribution is 5.41. The molecule has 1 aliphatic heterocycles. The molecule has 1 aliphatic rings. The molecule has 3 rings (SSSR count). The number of hydrogen-bond acceptors (Lipinski definition) is 3. The number of nitrogens with zero attached hydrogens (tertiary/aromatic N) is 1. The van der Waals surface area contributed by atoms with Gasteiger partial charge in [-0.25, -0.2) is 0 Å². The first-order valence-electron chi connectivity index (χ1n) is 6.77. The highest BCUT2D eigenvalue weighted by Crippen LogP contribution is 2.31. The number of fused-ring (bicyclic) bond motifs is 1. The third-order valence-electron chi connectivity index (χ3n) is 3.40. The molecule has 1 aromatic heterocycles. The van der Waals surface area contributed by atoms with Gasteiger partial charge in [-0.05, 0) is 29.2 Å². The van der Waals surface area contributed by atoms with Crippen LogP contribution in [0.3, 0.4) is 0 Å². The molecule has 1 N–H and O–H groups in total. The average molecular weight is 254 g/mol. The van der Waals surface area contributed by atoms with E-state index in [-0.39, 0.29) is 6.04 Å². The summed E-state index contributed by atoms with van der Waals surface area (Å²) in [5.41, 5.74) is 3.88. The SMILES string of the molecule is CCCOc1cncc(C2NCc3ccccc32)c1. The summed E-state index contributed by atoms with van der Waals surface area (Å²) in [6.45, 7) is 3.76. The first kappa shape index (κ1) is 12.2. The second kappa shape index (κ2) is 5.41. The summed E-state index contributed by atoms with van der Waals surface area (Å²) in [6.07, 6.45) is 4.70. The summed E-state index contributed by atoms with van der Waals surface area (Å²) >= 11 is 0. The Labute approximate surface area is 113 Å². The Bertz CT molecular complexity index is 568. The predicted octanol–water partition coefficient (Wildman–Crippen LogP) is 3.06. The van der Waals surface area contributed by atoms with Crippen LogP contribution in [0, 0.1) is 0 Å². The van der Waals surface area contributed by atoms with Crippen LogP contribution in [0.1, 0.15) is 36.1 Å². The highest BCUT2D eigenvalue weighted by Gasteiger charge is 2.23. The number of benzene rings is 1. The predicted molar refractivity (Wildman–Crippen MR) is 75.1 cm³/mol. The van der Waals surface area contributed by atoms with Crippen molar-refractivity contribution in [1.82, 2.24) is 10.3 Å². The van der Waals surface area contributed by atoms with Gasteiger partial charge >= 0.3 is 0 Å². The second-order valence-corrected chi connectivity index (χ2v) is 4.82. The molecule has 0 amide bonds. The molecule has 3 nitrogen and oxygen atoms in total. The van der Waals surface area contributed by atoms with Crippen molar-refractivity contribution in [1.29, 1.82) is 0 Å². The fraction of sp³-hybridized carbons (Fsp3) is 0.312. The van der Waals surface area contributed by atoms with Crippen LogP contribution >= 0.6 is 0 Å². The highest BCUT2D eigenvalue weighted by atomic mass is 16.5. The van der Waals surface area contributed by atoms with E-state index in [4.69, 9.17) is 4.74 Å². The minimum atomic E-state index is 0.230. The molecule has 1 aromatic carbocycles. The molecule has 1 atom stereocenters. The van der Waals surface area contributed by atoms with Gasteiger partial charge < -0.3 is 10.1 Å². The lowest BCUT2D eigenvalue weighted by Crippen LogP contribution is -2.13. The second-order valence-electron chi connectivity index (χ2n) is 4.82.